The zero-order valence-corrected chi connectivity index (χ0v) is 12.1. The standard InChI is InChI=1S/C15H25N3O/c1-13-14(12-16-2)6-7-15(17-13)19-11-10-18-8-4-3-5-9-18/h6-7,16H,3-5,8-12H2,1-2H3. The highest BCUT2D eigenvalue weighted by Crippen LogP contribution is 2.13. The van der Waals surface area contributed by atoms with Crippen LogP contribution in [0.3, 0.4) is 0 Å². The van der Waals surface area contributed by atoms with Crippen molar-refractivity contribution in [2.75, 3.05) is 33.3 Å². The summed E-state index contributed by atoms with van der Waals surface area (Å²) in [6.45, 7) is 7.07. The quantitative estimate of drug-likeness (QED) is 0.851. The van der Waals surface area contributed by atoms with Crippen LogP contribution in [0.2, 0.25) is 0 Å². The largest absolute Gasteiger partial charge is 0.476 e. The molecule has 2 rings (SSSR count). The van der Waals surface area contributed by atoms with Gasteiger partial charge in [0.1, 0.15) is 6.61 Å². The molecule has 106 valence electrons. The third-order valence-electron chi connectivity index (χ3n) is 3.64. The number of pyridine rings is 1. The molecular weight excluding hydrogens is 238 g/mol. The fraction of sp³-hybridized carbons (Fsp3) is 0.667. The third-order valence-corrected chi connectivity index (χ3v) is 3.64. The molecule has 2 heterocycles. The summed E-state index contributed by atoms with van der Waals surface area (Å²) in [5.41, 5.74) is 2.27. The van der Waals surface area contributed by atoms with Gasteiger partial charge in [-0.15, -0.1) is 0 Å². The van der Waals surface area contributed by atoms with Gasteiger partial charge in [-0.1, -0.05) is 12.5 Å². The summed E-state index contributed by atoms with van der Waals surface area (Å²) < 4.78 is 5.75. The molecule has 0 bridgehead atoms. The van der Waals surface area contributed by atoms with E-state index in [-0.39, 0.29) is 0 Å². The molecule has 1 aromatic heterocycles. The Kier molecular flexibility index (Phi) is 5.61. The molecule has 0 spiro atoms. The highest BCUT2D eigenvalue weighted by Gasteiger charge is 2.09. The van der Waals surface area contributed by atoms with Crippen molar-refractivity contribution in [2.45, 2.75) is 32.7 Å². The number of nitrogens with zero attached hydrogens (tertiary/aromatic N) is 2. The summed E-state index contributed by atoms with van der Waals surface area (Å²) >= 11 is 0. The average Bonchev–Trinajstić information content (AvgIpc) is 2.43. The summed E-state index contributed by atoms with van der Waals surface area (Å²) in [7, 11) is 1.95. The van der Waals surface area contributed by atoms with E-state index in [9.17, 15) is 0 Å². The number of aryl methyl sites for hydroxylation is 1. The number of rotatable bonds is 6. The number of hydrogen-bond acceptors (Lipinski definition) is 4. The normalized spacial score (nSPS) is 16.5. The minimum atomic E-state index is 0.734. The first-order chi connectivity index (χ1) is 9.29. The number of nitrogens with one attached hydrogen (secondary N) is 1. The Morgan fingerprint density at radius 3 is 2.74 bits per heavy atom. The van der Waals surface area contributed by atoms with Crippen molar-refractivity contribution >= 4 is 0 Å². The molecule has 0 saturated carbocycles. The molecule has 0 aliphatic carbocycles. The van der Waals surface area contributed by atoms with Crippen molar-refractivity contribution in [3.63, 3.8) is 0 Å². The molecule has 1 saturated heterocycles. The van der Waals surface area contributed by atoms with Gasteiger partial charge in [0.15, 0.2) is 0 Å². The fourth-order valence-corrected chi connectivity index (χ4v) is 2.49. The second-order valence-electron chi connectivity index (χ2n) is 5.18. The van der Waals surface area contributed by atoms with Gasteiger partial charge < -0.3 is 10.1 Å². The molecule has 0 unspecified atom stereocenters. The Morgan fingerprint density at radius 1 is 1.26 bits per heavy atom. The van der Waals surface area contributed by atoms with E-state index in [1.165, 1.54) is 37.9 Å². The van der Waals surface area contributed by atoms with Crippen LogP contribution in [0.15, 0.2) is 12.1 Å². The first kappa shape index (κ1) is 14.3. The van der Waals surface area contributed by atoms with E-state index in [1.807, 2.05) is 20.0 Å². The van der Waals surface area contributed by atoms with Gasteiger partial charge in [0.2, 0.25) is 5.88 Å². The maximum Gasteiger partial charge on any atom is 0.213 e. The van der Waals surface area contributed by atoms with Crippen molar-refractivity contribution < 1.29 is 4.74 Å². The molecule has 1 N–H and O–H groups in total. The number of aromatic nitrogens is 1. The number of likely N-dealkylation sites (tertiary alicyclic amines) is 1. The molecule has 1 aliphatic heterocycles. The smallest absolute Gasteiger partial charge is 0.213 e. The Morgan fingerprint density at radius 2 is 2.05 bits per heavy atom. The Hall–Kier alpha value is -1.13. The summed E-state index contributed by atoms with van der Waals surface area (Å²) in [4.78, 5) is 6.97. The van der Waals surface area contributed by atoms with Crippen LogP contribution < -0.4 is 10.1 Å². The van der Waals surface area contributed by atoms with Crippen molar-refractivity contribution in [3.05, 3.63) is 23.4 Å². The van der Waals surface area contributed by atoms with Crippen LogP contribution in [0.5, 0.6) is 5.88 Å². The number of hydrogen-bond donors (Lipinski definition) is 1. The molecule has 0 aromatic carbocycles. The zero-order valence-electron chi connectivity index (χ0n) is 12.1. The van der Waals surface area contributed by atoms with Gasteiger partial charge in [0.25, 0.3) is 0 Å². The molecule has 1 aliphatic rings. The average molecular weight is 263 g/mol. The van der Waals surface area contributed by atoms with Gasteiger partial charge in [-0.3, -0.25) is 4.90 Å². The van der Waals surface area contributed by atoms with Crippen molar-refractivity contribution in [3.8, 4) is 5.88 Å². The predicted molar refractivity (Wildman–Crippen MR) is 77.5 cm³/mol. The molecule has 4 nitrogen and oxygen atoms in total. The van der Waals surface area contributed by atoms with Crippen LogP contribution in [0, 0.1) is 6.92 Å². The van der Waals surface area contributed by atoms with E-state index in [1.54, 1.807) is 0 Å². The van der Waals surface area contributed by atoms with Crippen LogP contribution in [0.1, 0.15) is 30.5 Å². The Labute approximate surface area is 116 Å². The lowest BCUT2D eigenvalue weighted by atomic mass is 10.1. The van der Waals surface area contributed by atoms with Crippen molar-refractivity contribution in [1.29, 1.82) is 0 Å². The minimum Gasteiger partial charge on any atom is -0.476 e. The van der Waals surface area contributed by atoms with E-state index in [4.69, 9.17) is 4.74 Å². The van der Waals surface area contributed by atoms with Crippen LogP contribution >= 0.6 is 0 Å². The second kappa shape index (κ2) is 7.46. The number of ether oxygens (including phenoxy) is 1. The highest BCUT2D eigenvalue weighted by molar-refractivity contribution is 5.24. The molecule has 1 aromatic rings. The lowest BCUT2D eigenvalue weighted by Gasteiger charge is -2.26. The third kappa shape index (κ3) is 4.48. The Balaban J connectivity index is 1.77. The highest BCUT2D eigenvalue weighted by atomic mass is 16.5. The van der Waals surface area contributed by atoms with Crippen LogP contribution in [0.4, 0.5) is 0 Å². The van der Waals surface area contributed by atoms with E-state index in [0.29, 0.717) is 0 Å². The molecule has 0 amide bonds. The van der Waals surface area contributed by atoms with Crippen molar-refractivity contribution in [1.82, 2.24) is 15.2 Å². The first-order valence-electron chi connectivity index (χ1n) is 7.26. The Bertz CT molecular complexity index is 389. The first-order valence-corrected chi connectivity index (χ1v) is 7.26. The van der Waals surface area contributed by atoms with Crippen LogP contribution in [-0.4, -0.2) is 43.2 Å². The lowest BCUT2D eigenvalue weighted by Crippen LogP contribution is -2.33. The molecule has 0 atom stereocenters. The summed E-state index contributed by atoms with van der Waals surface area (Å²) in [6.07, 6.45) is 4.04. The second-order valence-corrected chi connectivity index (χ2v) is 5.18. The summed E-state index contributed by atoms with van der Waals surface area (Å²) in [5.74, 6) is 0.745. The van der Waals surface area contributed by atoms with E-state index in [2.05, 4.69) is 21.3 Å². The van der Waals surface area contributed by atoms with Crippen LogP contribution in [-0.2, 0) is 6.54 Å². The topological polar surface area (TPSA) is 37.4 Å². The minimum absolute atomic E-state index is 0.734. The van der Waals surface area contributed by atoms with Gasteiger partial charge in [0, 0.05) is 24.8 Å². The number of piperidine rings is 1. The summed E-state index contributed by atoms with van der Waals surface area (Å²) in [5, 5.41) is 3.14. The maximum atomic E-state index is 5.75. The van der Waals surface area contributed by atoms with Crippen molar-refractivity contribution in [2.24, 2.45) is 0 Å². The lowest BCUT2D eigenvalue weighted by molar-refractivity contribution is 0.180. The summed E-state index contributed by atoms with van der Waals surface area (Å²) in [6, 6.07) is 4.06. The van der Waals surface area contributed by atoms with Gasteiger partial charge in [-0.25, -0.2) is 4.98 Å². The molecule has 1 fully saturated rings. The van der Waals surface area contributed by atoms with Gasteiger partial charge in [0.05, 0.1) is 0 Å². The van der Waals surface area contributed by atoms with Gasteiger partial charge in [-0.05, 0) is 45.5 Å². The SMILES string of the molecule is CNCc1ccc(OCCN2CCCCC2)nc1C. The molecule has 19 heavy (non-hydrogen) atoms. The monoisotopic (exact) mass is 263 g/mol. The van der Waals surface area contributed by atoms with E-state index < -0.39 is 0 Å². The molecule has 0 radical (unpaired) electrons. The van der Waals surface area contributed by atoms with Gasteiger partial charge in [-0.2, -0.15) is 0 Å². The van der Waals surface area contributed by atoms with Gasteiger partial charge >= 0.3 is 0 Å². The zero-order chi connectivity index (χ0) is 13.5. The predicted octanol–water partition coefficient (Wildman–Crippen LogP) is 1.97. The molecule has 4 heteroatoms. The van der Waals surface area contributed by atoms with E-state index in [0.717, 1.165) is 31.3 Å². The molecular formula is C15H25N3O. The van der Waals surface area contributed by atoms with E-state index >= 15 is 0 Å². The fourth-order valence-electron chi connectivity index (χ4n) is 2.49. The van der Waals surface area contributed by atoms with Crippen LogP contribution in [0.25, 0.3) is 0 Å². The maximum absolute atomic E-state index is 5.75.